The first-order valence-electron chi connectivity index (χ1n) is 12.1. The molecule has 0 bridgehead atoms. The fourth-order valence-electron chi connectivity index (χ4n) is 4.50. The summed E-state index contributed by atoms with van der Waals surface area (Å²) < 4.78 is 0.907. The van der Waals surface area contributed by atoms with Gasteiger partial charge < -0.3 is 10.2 Å². The predicted molar refractivity (Wildman–Crippen MR) is 147 cm³/mol. The summed E-state index contributed by atoms with van der Waals surface area (Å²) in [4.78, 5) is 23.0. The minimum absolute atomic E-state index is 0.142. The number of halogens is 1. The number of piperazine rings is 1. The molecule has 1 aliphatic heterocycles. The van der Waals surface area contributed by atoms with Crippen LogP contribution in [0.25, 0.3) is 22.7 Å². The van der Waals surface area contributed by atoms with Crippen LogP contribution in [-0.2, 0) is 4.79 Å². The van der Waals surface area contributed by atoms with E-state index in [4.69, 9.17) is 0 Å². The Balaban J connectivity index is 1.48. The standard InChI is InChI=1S/C28H29BrN6O/c1-34-13-15-35(16-14-34)19-26(20-7-3-2-4-8-20)31-28(36)24(21-9-5-10-22(29)17-21)18-25-23-11-6-12-30-27(23)33-32-25/h2-12,17-18,26H,13-16,19H2,1H3,(H,31,36)(H,30,32,33)/b24-18+/t26-/m1/s1. The molecule has 0 saturated carbocycles. The fourth-order valence-corrected chi connectivity index (χ4v) is 4.90. The molecule has 2 N–H and O–H groups in total. The first-order valence-corrected chi connectivity index (χ1v) is 12.9. The van der Waals surface area contributed by atoms with E-state index in [1.54, 1.807) is 6.20 Å². The van der Waals surface area contributed by atoms with Crippen LogP contribution in [-0.4, -0.2) is 70.7 Å². The van der Waals surface area contributed by atoms with Gasteiger partial charge in [-0.25, -0.2) is 4.98 Å². The van der Waals surface area contributed by atoms with E-state index in [2.05, 4.69) is 65.4 Å². The summed E-state index contributed by atoms with van der Waals surface area (Å²) >= 11 is 3.55. The second-order valence-corrected chi connectivity index (χ2v) is 10.0. The van der Waals surface area contributed by atoms with E-state index in [1.807, 2.05) is 60.7 Å². The highest BCUT2D eigenvalue weighted by molar-refractivity contribution is 9.10. The number of amides is 1. The SMILES string of the molecule is CN1CCN(C[C@@H](NC(=O)/C(=C/c2n[nH]c3ncccc23)c2cccc(Br)c2)c2ccccc2)CC1. The molecule has 1 amide bonds. The number of aromatic nitrogens is 3. The van der Waals surface area contributed by atoms with Gasteiger partial charge >= 0.3 is 0 Å². The number of fused-ring (bicyclic) bond motifs is 1. The molecule has 1 saturated heterocycles. The summed E-state index contributed by atoms with van der Waals surface area (Å²) in [5, 5.41) is 11.6. The summed E-state index contributed by atoms with van der Waals surface area (Å²) in [5.74, 6) is -0.142. The Hall–Kier alpha value is -3.33. The molecule has 0 radical (unpaired) electrons. The second-order valence-electron chi connectivity index (χ2n) is 9.12. The van der Waals surface area contributed by atoms with Crippen molar-refractivity contribution in [2.45, 2.75) is 6.04 Å². The third-order valence-electron chi connectivity index (χ3n) is 6.57. The van der Waals surface area contributed by atoms with E-state index in [1.165, 1.54) is 0 Å². The second kappa shape index (κ2) is 11.2. The maximum atomic E-state index is 13.9. The van der Waals surface area contributed by atoms with E-state index >= 15 is 0 Å². The topological polar surface area (TPSA) is 77.1 Å². The van der Waals surface area contributed by atoms with Gasteiger partial charge in [-0.2, -0.15) is 5.10 Å². The molecule has 4 aromatic rings. The van der Waals surface area contributed by atoms with Crippen LogP contribution >= 0.6 is 15.9 Å². The van der Waals surface area contributed by atoms with Gasteiger partial charge in [0, 0.05) is 54.4 Å². The van der Waals surface area contributed by atoms with Crippen molar-refractivity contribution in [3.63, 3.8) is 0 Å². The van der Waals surface area contributed by atoms with Crippen molar-refractivity contribution in [1.82, 2.24) is 30.3 Å². The summed E-state index contributed by atoms with van der Waals surface area (Å²) in [7, 11) is 2.15. The predicted octanol–water partition coefficient (Wildman–Crippen LogP) is 4.37. The normalized spacial score (nSPS) is 16.2. The van der Waals surface area contributed by atoms with Crippen LogP contribution in [0.5, 0.6) is 0 Å². The number of carbonyl (C=O) groups is 1. The van der Waals surface area contributed by atoms with Gasteiger partial charge in [-0.1, -0.05) is 58.4 Å². The monoisotopic (exact) mass is 544 g/mol. The van der Waals surface area contributed by atoms with Gasteiger partial charge in [0.25, 0.3) is 5.91 Å². The minimum atomic E-state index is -0.143. The van der Waals surface area contributed by atoms with Crippen molar-refractivity contribution < 1.29 is 4.79 Å². The molecule has 3 heterocycles. The molecule has 1 aliphatic rings. The third-order valence-corrected chi connectivity index (χ3v) is 7.06. The zero-order valence-corrected chi connectivity index (χ0v) is 21.8. The van der Waals surface area contributed by atoms with Crippen LogP contribution in [0.1, 0.15) is 22.9 Å². The van der Waals surface area contributed by atoms with Gasteiger partial charge in [0.1, 0.15) is 0 Å². The lowest BCUT2D eigenvalue weighted by Crippen LogP contribution is -2.47. The molecule has 8 heteroatoms. The highest BCUT2D eigenvalue weighted by atomic mass is 79.9. The van der Waals surface area contributed by atoms with Gasteiger partial charge in [0.15, 0.2) is 5.65 Å². The maximum Gasteiger partial charge on any atom is 0.252 e. The number of aromatic amines is 1. The Morgan fingerprint density at radius 3 is 2.67 bits per heavy atom. The lowest BCUT2D eigenvalue weighted by Gasteiger charge is -2.35. The number of pyridine rings is 1. The molecule has 2 aromatic heterocycles. The number of carbonyl (C=O) groups excluding carboxylic acids is 1. The first kappa shape index (κ1) is 24.4. The Bertz CT molecular complexity index is 1360. The molecular formula is C28H29BrN6O. The highest BCUT2D eigenvalue weighted by Crippen LogP contribution is 2.26. The van der Waals surface area contributed by atoms with Crippen LogP contribution in [0.15, 0.2) is 77.4 Å². The highest BCUT2D eigenvalue weighted by Gasteiger charge is 2.23. The number of rotatable bonds is 7. The Morgan fingerprint density at radius 1 is 1.08 bits per heavy atom. The van der Waals surface area contributed by atoms with E-state index in [9.17, 15) is 4.79 Å². The number of H-pyrrole nitrogens is 1. The summed E-state index contributed by atoms with van der Waals surface area (Å²) in [6.07, 6.45) is 3.56. The number of nitrogens with zero attached hydrogens (tertiary/aromatic N) is 4. The quantitative estimate of drug-likeness (QED) is 0.338. The molecule has 36 heavy (non-hydrogen) atoms. The van der Waals surface area contributed by atoms with Gasteiger partial charge in [-0.15, -0.1) is 0 Å². The van der Waals surface area contributed by atoms with Crippen molar-refractivity contribution >= 4 is 44.5 Å². The van der Waals surface area contributed by atoms with Crippen LogP contribution in [0.3, 0.4) is 0 Å². The fraction of sp³-hybridized carbons (Fsp3) is 0.250. The Kier molecular flexibility index (Phi) is 7.55. The Labute approximate surface area is 219 Å². The number of hydrogen-bond donors (Lipinski definition) is 2. The zero-order chi connectivity index (χ0) is 24.9. The van der Waals surface area contributed by atoms with E-state index in [-0.39, 0.29) is 11.9 Å². The average Bonchev–Trinajstić information content (AvgIpc) is 3.31. The maximum absolute atomic E-state index is 13.9. The van der Waals surface area contributed by atoms with Crippen molar-refractivity contribution in [3.05, 3.63) is 94.2 Å². The first-order chi connectivity index (χ1) is 17.6. The summed E-state index contributed by atoms with van der Waals surface area (Å²) in [6, 6.07) is 21.7. The van der Waals surface area contributed by atoms with Crippen molar-refractivity contribution in [3.8, 4) is 0 Å². The lowest BCUT2D eigenvalue weighted by molar-refractivity contribution is -0.116. The van der Waals surface area contributed by atoms with Gasteiger partial charge in [0.05, 0.1) is 11.7 Å². The molecular weight excluding hydrogens is 516 g/mol. The Morgan fingerprint density at radius 2 is 1.89 bits per heavy atom. The van der Waals surface area contributed by atoms with Crippen LogP contribution in [0.2, 0.25) is 0 Å². The molecule has 2 aromatic carbocycles. The molecule has 7 nitrogen and oxygen atoms in total. The minimum Gasteiger partial charge on any atom is -0.344 e. The van der Waals surface area contributed by atoms with E-state index < -0.39 is 0 Å². The molecule has 0 unspecified atom stereocenters. The van der Waals surface area contributed by atoms with E-state index in [0.717, 1.165) is 53.7 Å². The van der Waals surface area contributed by atoms with Gasteiger partial charge in [-0.3, -0.25) is 14.8 Å². The smallest absolute Gasteiger partial charge is 0.252 e. The van der Waals surface area contributed by atoms with Gasteiger partial charge in [0.2, 0.25) is 0 Å². The molecule has 1 atom stereocenters. The average molecular weight is 545 g/mol. The van der Waals surface area contributed by atoms with Crippen molar-refractivity contribution in [1.29, 1.82) is 0 Å². The molecule has 1 fully saturated rings. The molecule has 5 rings (SSSR count). The lowest BCUT2D eigenvalue weighted by atomic mass is 10.0. The van der Waals surface area contributed by atoms with Crippen LogP contribution < -0.4 is 5.32 Å². The third kappa shape index (κ3) is 5.73. The number of nitrogens with one attached hydrogen (secondary N) is 2. The number of benzene rings is 2. The number of hydrogen-bond acceptors (Lipinski definition) is 5. The number of likely N-dealkylation sites (N-methyl/N-ethyl adjacent to an activating group) is 1. The summed E-state index contributed by atoms with van der Waals surface area (Å²) in [6.45, 7) is 4.77. The zero-order valence-electron chi connectivity index (χ0n) is 20.2. The largest absolute Gasteiger partial charge is 0.344 e. The van der Waals surface area contributed by atoms with Crippen LogP contribution in [0.4, 0.5) is 0 Å². The van der Waals surface area contributed by atoms with Gasteiger partial charge in [-0.05, 0) is 48.5 Å². The van der Waals surface area contributed by atoms with Crippen molar-refractivity contribution in [2.75, 3.05) is 39.8 Å². The van der Waals surface area contributed by atoms with Crippen LogP contribution in [0, 0.1) is 0 Å². The molecule has 0 spiro atoms. The molecule has 0 aliphatic carbocycles. The van der Waals surface area contributed by atoms with Crippen molar-refractivity contribution in [2.24, 2.45) is 0 Å². The molecule has 184 valence electrons. The van der Waals surface area contributed by atoms with E-state index in [0.29, 0.717) is 16.9 Å². The summed E-state index contributed by atoms with van der Waals surface area (Å²) in [5.41, 5.74) is 3.82.